The number of hydrogen-bond donors (Lipinski definition) is 2. The van der Waals surface area contributed by atoms with Crippen molar-refractivity contribution in [2.24, 2.45) is 5.92 Å². The summed E-state index contributed by atoms with van der Waals surface area (Å²) in [5.41, 5.74) is 1.67. The molecule has 1 amide bonds. The maximum absolute atomic E-state index is 12.0. The van der Waals surface area contributed by atoms with E-state index in [1.54, 1.807) is 7.11 Å². The van der Waals surface area contributed by atoms with Gasteiger partial charge in [-0.05, 0) is 50.8 Å². The van der Waals surface area contributed by atoms with Gasteiger partial charge in [0.1, 0.15) is 0 Å². The Kier molecular flexibility index (Phi) is 5.01. The molecule has 0 heterocycles. The van der Waals surface area contributed by atoms with E-state index < -0.39 is 0 Å². The van der Waals surface area contributed by atoms with Crippen molar-refractivity contribution >= 4 is 11.6 Å². The third-order valence-electron chi connectivity index (χ3n) is 3.43. The summed E-state index contributed by atoms with van der Waals surface area (Å²) in [5.74, 6) is 0.668. The first-order valence-corrected chi connectivity index (χ1v) is 7.26. The second kappa shape index (κ2) is 6.75. The average Bonchev–Trinajstić information content (AvgIpc) is 3.22. The fourth-order valence-corrected chi connectivity index (χ4v) is 2.28. The fourth-order valence-electron chi connectivity index (χ4n) is 2.28. The molecule has 20 heavy (non-hydrogen) atoms. The lowest BCUT2D eigenvalue weighted by atomic mass is 10.1. The van der Waals surface area contributed by atoms with E-state index in [-0.39, 0.29) is 11.9 Å². The molecule has 1 unspecified atom stereocenters. The first kappa shape index (κ1) is 14.9. The Hall–Kier alpha value is -1.55. The lowest BCUT2D eigenvalue weighted by Crippen LogP contribution is -2.30. The third-order valence-corrected chi connectivity index (χ3v) is 3.43. The number of hydrogen-bond acceptors (Lipinski definition) is 3. The molecule has 0 bridgehead atoms. The van der Waals surface area contributed by atoms with Crippen molar-refractivity contribution in [1.29, 1.82) is 0 Å². The van der Waals surface area contributed by atoms with Crippen molar-refractivity contribution < 1.29 is 9.53 Å². The highest BCUT2D eigenvalue weighted by atomic mass is 16.5. The molecular weight excluding hydrogens is 252 g/mol. The van der Waals surface area contributed by atoms with Crippen LogP contribution in [-0.2, 0) is 4.74 Å². The molecule has 1 aromatic rings. The molecule has 1 atom stereocenters. The van der Waals surface area contributed by atoms with Gasteiger partial charge in [0.05, 0.1) is 12.6 Å². The number of amides is 1. The third kappa shape index (κ3) is 4.23. The zero-order chi connectivity index (χ0) is 14.5. The quantitative estimate of drug-likeness (QED) is 0.805. The van der Waals surface area contributed by atoms with Gasteiger partial charge in [-0.15, -0.1) is 0 Å². The summed E-state index contributed by atoms with van der Waals surface area (Å²) in [5, 5.41) is 6.39. The molecule has 1 aliphatic rings. The van der Waals surface area contributed by atoms with Crippen molar-refractivity contribution in [3.05, 3.63) is 29.8 Å². The molecule has 0 spiro atoms. The molecule has 0 radical (unpaired) electrons. The van der Waals surface area contributed by atoms with Crippen molar-refractivity contribution in [3.63, 3.8) is 0 Å². The Bertz CT molecular complexity index is 456. The van der Waals surface area contributed by atoms with E-state index in [1.807, 2.05) is 38.1 Å². The molecule has 4 heteroatoms. The predicted octanol–water partition coefficient (Wildman–Crippen LogP) is 2.66. The number of anilines is 1. The molecule has 1 fully saturated rings. The Labute approximate surface area is 120 Å². The fraction of sp³-hybridized carbons (Fsp3) is 0.562. The zero-order valence-corrected chi connectivity index (χ0v) is 12.5. The summed E-state index contributed by atoms with van der Waals surface area (Å²) in [7, 11) is 1.73. The smallest absolute Gasteiger partial charge is 0.251 e. The number of nitrogens with one attached hydrogen (secondary N) is 2. The van der Waals surface area contributed by atoms with E-state index in [4.69, 9.17) is 4.74 Å². The van der Waals surface area contributed by atoms with Crippen LogP contribution in [0.15, 0.2) is 24.3 Å². The Morgan fingerprint density at radius 1 is 1.40 bits per heavy atom. The lowest BCUT2D eigenvalue weighted by Gasteiger charge is -2.19. The van der Waals surface area contributed by atoms with Crippen LogP contribution >= 0.6 is 0 Å². The molecule has 4 nitrogen and oxygen atoms in total. The van der Waals surface area contributed by atoms with Crippen molar-refractivity contribution in [3.8, 4) is 0 Å². The van der Waals surface area contributed by atoms with Crippen LogP contribution < -0.4 is 10.6 Å². The number of ether oxygens (including phenoxy) is 1. The minimum absolute atomic E-state index is 0.0293. The van der Waals surface area contributed by atoms with Crippen molar-refractivity contribution in [2.45, 2.75) is 38.8 Å². The SMILES string of the molecule is COCC(Nc1cccc(C(=O)NC(C)C)c1)C1CC1. The van der Waals surface area contributed by atoms with Gasteiger partial charge < -0.3 is 15.4 Å². The first-order chi connectivity index (χ1) is 9.60. The van der Waals surface area contributed by atoms with Crippen LogP contribution in [0.2, 0.25) is 0 Å². The molecule has 0 aliphatic heterocycles. The van der Waals surface area contributed by atoms with E-state index in [1.165, 1.54) is 12.8 Å². The molecule has 1 aliphatic carbocycles. The second-order valence-corrected chi connectivity index (χ2v) is 5.75. The van der Waals surface area contributed by atoms with Crippen LogP contribution in [0.4, 0.5) is 5.69 Å². The van der Waals surface area contributed by atoms with Crippen molar-refractivity contribution in [1.82, 2.24) is 5.32 Å². The summed E-state index contributed by atoms with van der Waals surface area (Å²) in [6.07, 6.45) is 2.52. The highest BCUT2D eigenvalue weighted by Gasteiger charge is 2.31. The number of methoxy groups -OCH3 is 1. The van der Waals surface area contributed by atoms with Gasteiger partial charge in [-0.2, -0.15) is 0 Å². The minimum Gasteiger partial charge on any atom is -0.383 e. The maximum atomic E-state index is 12.0. The summed E-state index contributed by atoms with van der Waals surface area (Å²) < 4.78 is 5.27. The van der Waals surface area contributed by atoms with Crippen LogP contribution in [-0.4, -0.2) is 31.7 Å². The number of carbonyl (C=O) groups is 1. The van der Waals surface area contributed by atoms with Gasteiger partial charge in [0.2, 0.25) is 0 Å². The predicted molar refractivity (Wildman–Crippen MR) is 81.1 cm³/mol. The van der Waals surface area contributed by atoms with Crippen LogP contribution in [0.25, 0.3) is 0 Å². The highest BCUT2D eigenvalue weighted by Crippen LogP contribution is 2.34. The van der Waals surface area contributed by atoms with E-state index >= 15 is 0 Å². The monoisotopic (exact) mass is 276 g/mol. The summed E-state index contributed by atoms with van der Waals surface area (Å²) in [4.78, 5) is 12.0. The summed E-state index contributed by atoms with van der Waals surface area (Å²) in [6.45, 7) is 4.62. The largest absolute Gasteiger partial charge is 0.383 e. The Morgan fingerprint density at radius 3 is 2.75 bits per heavy atom. The van der Waals surface area contributed by atoms with Gasteiger partial charge in [-0.25, -0.2) is 0 Å². The van der Waals surface area contributed by atoms with Gasteiger partial charge >= 0.3 is 0 Å². The van der Waals surface area contributed by atoms with Crippen molar-refractivity contribution in [2.75, 3.05) is 19.0 Å². The van der Waals surface area contributed by atoms with Crippen LogP contribution in [0.3, 0.4) is 0 Å². The topological polar surface area (TPSA) is 50.4 Å². The van der Waals surface area contributed by atoms with Gasteiger partial charge in [-0.3, -0.25) is 4.79 Å². The van der Waals surface area contributed by atoms with E-state index in [9.17, 15) is 4.79 Å². The summed E-state index contributed by atoms with van der Waals surface area (Å²) >= 11 is 0. The molecule has 0 aromatic heterocycles. The second-order valence-electron chi connectivity index (χ2n) is 5.75. The number of carbonyl (C=O) groups excluding carboxylic acids is 1. The maximum Gasteiger partial charge on any atom is 0.251 e. The molecule has 2 rings (SSSR count). The van der Waals surface area contributed by atoms with Gasteiger partial charge in [0.15, 0.2) is 0 Å². The van der Waals surface area contributed by atoms with Crippen LogP contribution in [0, 0.1) is 5.92 Å². The van der Waals surface area contributed by atoms with Gasteiger partial charge in [0.25, 0.3) is 5.91 Å². The zero-order valence-electron chi connectivity index (χ0n) is 12.5. The highest BCUT2D eigenvalue weighted by molar-refractivity contribution is 5.95. The standard InChI is InChI=1S/C16H24N2O2/c1-11(2)17-16(19)13-5-4-6-14(9-13)18-15(10-20-3)12-7-8-12/h4-6,9,11-12,15,18H,7-8,10H2,1-3H3,(H,17,19). The summed E-state index contributed by atoms with van der Waals surface area (Å²) in [6, 6.07) is 8.13. The van der Waals surface area contributed by atoms with E-state index in [2.05, 4.69) is 10.6 Å². The molecule has 1 aromatic carbocycles. The Balaban J connectivity index is 2.03. The molecular formula is C16H24N2O2. The van der Waals surface area contributed by atoms with Crippen LogP contribution in [0.1, 0.15) is 37.0 Å². The average molecular weight is 276 g/mol. The van der Waals surface area contributed by atoms with E-state index in [0.717, 1.165) is 5.69 Å². The normalized spacial score (nSPS) is 16.0. The molecule has 2 N–H and O–H groups in total. The molecule has 0 saturated heterocycles. The first-order valence-electron chi connectivity index (χ1n) is 7.26. The Morgan fingerprint density at radius 2 is 2.15 bits per heavy atom. The van der Waals surface area contributed by atoms with E-state index in [0.29, 0.717) is 24.1 Å². The lowest BCUT2D eigenvalue weighted by molar-refractivity contribution is 0.0943. The minimum atomic E-state index is -0.0293. The molecule has 110 valence electrons. The van der Waals surface area contributed by atoms with Gasteiger partial charge in [0, 0.05) is 24.4 Å². The number of benzene rings is 1. The van der Waals surface area contributed by atoms with Gasteiger partial charge in [-0.1, -0.05) is 6.07 Å². The van der Waals surface area contributed by atoms with Crippen LogP contribution in [0.5, 0.6) is 0 Å². The molecule has 1 saturated carbocycles. The number of rotatable bonds is 7.